The number of rotatable bonds is 32. The zero-order valence-corrected chi connectivity index (χ0v) is 59.7. The molecule has 6 aromatic rings. The van der Waals surface area contributed by atoms with E-state index in [0.717, 1.165) is 33.7 Å². The number of ether oxygens (including phenoxy) is 2. The second-order valence-electron chi connectivity index (χ2n) is 21.0. The van der Waals surface area contributed by atoms with Crippen LogP contribution in [-0.2, 0) is 48.3 Å². The van der Waals surface area contributed by atoms with Crippen molar-refractivity contribution in [2.75, 3.05) is 67.9 Å². The summed E-state index contributed by atoms with van der Waals surface area (Å²) in [5, 5.41) is 30.8. The van der Waals surface area contributed by atoms with Crippen LogP contribution >= 0.6 is 93.7 Å². The number of carbonyl (C=O) groups excluding carboxylic acids is 7. The number of hydrogen-bond donors (Lipinski definition) is 10. The third kappa shape index (κ3) is 26.6. The Labute approximate surface area is 572 Å². The van der Waals surface area contributed by atoms with Crippen molar-refractivity contribution in [3.05, 3.63) is 123 Å². The maximum absolute atomic E-state index is 13.1. The summed E-state index contributed by atoms with van der Waals surface area (Å²) in [6, 6.07) is 25.6. The molecule has 0 spiro atoms. The van der Waals surface area contributed by atoms with E-state index < -0.39 is 53.6 Å². The summed E-state index contributed by atoms with van der Waals surface area (Å²) in [4.78, 5) is 114. The van der Waals surface area contributed by atoms with Gasteiger partial charge in [-0.3, -0.25) is 24.0 Å². The number of amides is 6. The highest BCUT2D eigenvalue weighted by molar-refractivity contribution is 7.99. The molecule has 3 heterocycles. The minimum Gasteiger partial charge on any atom is -0.480 e. The van der Waals surface area contributed by atoms with Gasteiger partial charge in [-0.05, 0) is 113 Å². The summed E-state index contributed by atoms with van der Waals surface area (Å²) >= 11 is 14.4. The number of hydrogen-bond acceptors (Lipinski definition) is 23. The van der Waals surface area contributed by atoms with Gasteiger partial charge < -0.3 is 57.5 Å². The number of methoxy groups -OCH3 is 1. The number of thiazole rings is 3. The van der Waals surface area contributed by atoms with E-state index >= 15 is 0 Å². The quantitative estimate of drug-likeness (QED) is 0.0139. The van der Waals surface area contributed by atoms with Gasteiger partial charge >= 0.3 is 18.0 Å². The zero-order chi connectivity index (χ0) is 67.8. The monoisotopic (exact) mass is 1410 g/mol. The lowest BCUT2D eigenvalue weighted by molar-refractivity contribution is -0.143. The maximum atomic E-state index is 13.1. The lowest BCUT2D eigenvalue weighted by Crippen LogP contribution is -2.44. The summed E-state index contributed by atoms with van der Waals surface area (Å²) in [6.45, 7) is 7.93. The van der Waals surface area contributed by atoms with Gasteiger partial charge in [0.25, 0.3) is 17.7 Å². The van der Waals surface area contributed by atoms with E-state index in [2.05, 4.69) is 64.8 Å². The number of aromatic nitrogens is 3. The predicted molar refractivity (Wildman–Crippen MR) is 381 cm³/mol. The SMILES string of the molecule is CN[C@@H](CSC)C(=O)NCc1nc(C(=O)N[C@@H](CCSC)C(=O)OC)c(-c2ccccc2)s1.CSCC[C@@H](C)NC(=O)c1nc(CNC(=O)OC(C)(C)C)sc1-c1ccccc1.CSCC[C@H](NC(=O)c1nc(CNC(=O)[C@@H](N)CS)sc1-c1ccccc1)C(=O)O. The van der Waals surface area contributed by atoms with Crippen LogP contribution in [-0.4, -0.2) is 171 Å². The van der Waals surface area contributed by atoms with Crippen LogP contribution in [0.15, 0.2) is 91.0 Å². The Morgan fingerprint density at radius 2 is 0.967 bits per heavy atom. The fraction of sp³-hybridized carbons (Fsp3) is 0.435. The first-order valence-corrected chi connectivity index (χ1v) is 37.6. The topological polar surface area (TPSA) is 324 Å². The van der Waals surface area contributed by atoms with E-state index in [1.807, 2.05) is 144 Å². The lowest BCUT2D eigenvalue weighted by Gasteiger charge is -2.19. The molecule has 0 saturated carbocycles. The van der Waals surface area contributed by atoms with E-state index in [0.29, 0.717) is 60.6 Å². The van der Waals surface area contributed by atoms with Gasteiger partial charge in [0.1, 0.15) is 49.8 Å². The van der Waals surface area contributed by atoms with Crippen LogP contribution < -0.4 is 43.0 Å². The highest BCUT2D eigenvalue weighted by Crippen LogP contribution is 2.33. The first kappa shape index (κ1) is 78.2. The van der Waals surface area contributed by atoms with E-state index in [1.165, 1.54) is 52.9 Å². The van der Waals surface area contributed by atoms with Gasteiger partial charge in [-0.1, -0.05) is 91.0 Å². The van der Waals surface area contributed by atoms with Crippen LogP contribution in [0.3, 0.4) is 0 Å². The van der Waals surface area contributed by atoms with Gasteiger partial charge in [-0.2, -0.15) is 59.7 Å². The molecule has 0 aliphatic carbocycles. The molecule has 92 heavy (non-hydrogen) atoms. The number of likely N-dealkylation sites (N-methyl/N-ethyl adjacent to an activating group) is 1. The molecule has 0 aliphatic rings. The molecule has 5 atom stereocenters. The molecule has 0 bridgehead atoms. The number of nitrogens with two attached hydrogens (primary N) is 1. The van der Waals surface area contributed by atoms with E-state index in [1.54, 1.807) is 42.3 Å². The van der Waals surface area contributed by atoms with Crippen LogP contribution in [0.2, 0.25) is 0 Å². The molecule has 0 radical (unpaired) electrons. The molecule has 10 N–H and O–H groups in total. The van der Waals surface area contributed by atoms with Crippen LogP contribution in [0.1, 0.15) is 93.4 Å². The molecule has 0 fully saturated rings. The van der Waals surface area contributed by atoms with Crippen molar-refractivity contribution in [3.8, 4) is 31.3 Å². The molecule has 0 aliphatic heterocycles. The molecule has 3 aromatic carbocycles. The maximum Gasteiger partial charge on any atom is 0.408 e. The molecule has 30 heteroatoms. The van der Waals surface area contributed by atoms with Crippen molar-refractivity contribution in [2.45, 2.75) is 102 Å². The van der Waals surface area contributed by atoms with E-state index in [-0.39, 0.29) is 66.6 Å². The predicted octanol–water partition coefficient (Wildman–Crippen LogP) is 8.73. The van der Waals surface area contributed by atoms with Gasteiger partial charge in [0.05, 0.1) is 53.5 Å². The number of aliphatic carboxylic acids is 1. The minimum absolute atomic E-state index is 0.0589. The van der Waals surface area contributed by atoms with Crippen molar-refractivity contribution in [2.24, 2.45) is 5.73 Å². The Morgan fingerprint density at radius 1 is 0.576 bits per heavy atom. The molecule has 0 saturated heterocycles. The normalized spacial score (nSPS) is 12.6. The van der Waals surface area contributed by atoms with Crippen LogP contribution in [0.4, 0.5) is 4.79 Å². The van der Waals surface area contributed by atoms with Crippen molar-refractivity contribution >= 4 is 141 Å². The first-order valence-electron chi connectivity index (χ1n) is 28.9. The van der Waals surface area contributed by atoms with Gasteiger partial charge in [-0.25, -0.2) is 29.3 Å². The Bertz CT molecular complexity index is 3300. The van der Waals surface area contributed by atoms with Crippen molar-refractivity contribution in [3.63, 3.8) is 0 Å². The standard InChI is InChI=1S/C22H30N4O4S3.C21H29N3O3S2.C19H24N4O4S3/c1-23-16(13-32-4)20(27)24-12-17-26-18(19(33-17)14-8-6-5-7-9-14)21(28)25-15(10-11-31-3)22(29)30-2;1-14(11-12-28-5)23-19(25)17-18(15-9-7-6-8-10-15)29-16(24-17)13-22-20(26)27-21(2,3)4;1-29-8-7-13(19(26)27)22-18(25)15-16(11-5-3-2-4-6-11)30-14(23-15)9-21-17(24)12(20)10-28/h5-9,15-16,23H,10-13H2,1-4H3,(H,24,27)(H,25,28);6-10,14H,11-13H2,1-5H3,(H,22,26)(H,23,25);2-6,12-13,28H,7-10,20H2,1H3,(H,21,24)(H,22,25)(H,26,27)/t15-,16-;14-;12-,13-/m010/s1. The van der Waals surface area contributed by atoms with Crippen LogP contribution in [0.25, 0.3) is 31.3 Å². The van der Waals surface area contributed by atoms with Gasteiger partial charge in [0.15, 0.2) is 0 Å². The molecule has 6 amide bonds. The van der Waals surface area contributed by atoms with Crippen LogP contribution in [0.5, 0.6) is 0 Å². The number of nitrogens with zero attached hydrogens (tertiary/aromatic N) is 3. The van der Waals surface area contributed by atoms with Gasteiger partial charge in [0, 0.05) is 17.5 Å². The van der Waals surface area contributed by atoms with Gasteiger partial charge in [0.2, 0.25) is 11.8 Å². The van der Waals surface area contributed by atoms with Crippen molar-refractivity contribution < 1.29 is 52.9 Å². The fourth-order valence-corrected chi connectivity index (χ4v) is 13.3. The number of carboxylic acids is 1. The second-order valence-corrected chi connectivity index (χ2v) is 28.4. The second kappa shape index (κ2) is 41.5. The lowest BCUT2D eigenvalue weighted by atomic mass is 10.1. The Morgan fingerprint density at radius 3 is 1.35 bits per heavy atom. The Balaban J connectivity index is 0.000000295. The summed E-state index contributed by atoms with van der Waals surface area (Å²) in [5.41, 5.74) is 8.37. The number of thioether (sulfide) groups is 4. The number of benzene rings is 3. The van der Waals surface area contributed by atoms with E-state index in [9.17, 15) is 43.5 Å². The number of carbonyl (C=O) groups is 8. The molecule has 22 nitrogen and oxygen atoms in total. The number of thiol groups is 1. The average Bonchev–Trinajstić information content (AvgIpc) is 1.75. The minimum atomic E-state index is -1.10. The van der Waals surface area contributed by atoms with E-state index in [4.69, 9.17) is 15.2 Å². The summed E-state index contributed by atoms with van der Waals surface area (Å²) in [7, 11) is 3.05. The smallest absolute Gasteiger partial charge is 0.408 e. The molecule has 0 unspecified atom stereocenters. The van der Waals surface area contributed by atoms with Crippen molar-refractivity contribution in [1.29, 1.82) is 0 Å². The third-order valence-electron chi connectivity index (χ3n) is 12.7. The van der Waals surface area contributed by atoms with Crippen molar-refractivity contribution in [1.82, 2.24) is 52.2 Å². The molecule has 3 aromatic heterocycles. The Kier molecular flexibility index (Phi) is 35.3. The summed E-state index contributed by atoms with van der Waals surface area (Å²) in [5.74, 6) is -0.161. The fourth-order valence-electron chi connectivity index (χ4n) is 7.95. The molecule has 500 valence electrons. The number of nitrogens with one attached hydrogen (secondary N) is 7. The zero-order valence-electron chi connectivity index (χ0n) is 53.1. The number of carboxylic acid groups (broad SMARTS) is 1. The Hall–Kier alpha value is -6.22. The summed E-state index contributed by atoms with van der Waals surface area (Å²) < 4.78 is 10.1. The largest absolute Gasteiger partial charge is 0.480 e. The number of esters is 1. The van der Waals surface area contributed by atoms with Gasteiger partial charge in [-0.15, -0.1) is 34.0 Å². The van der Waals surface area contributed by atoms with Crippen LogP contribution in [0, 0.1) is 0 Å². The molecule has 6 rings (SSSR count). The summed E-state index contributed by atoms with van der Waals surface area (Å²) in [6.07, 6.45) is 8.93. The number of alkyl carbamates (subject to hydrolysis) is 1. The highest BCUT2D eigenvalue weighted by Gasteiger charge is 2.29. The third-order valence-corrected chi connectivity index (χ3v) is 19.0. The highest BCUT2D eigenvalue weighted by atomic mass is 32.2. The first-order chi connectivity index (χ1) is 44.0. The molecular weight excluding hydrogens is 1330 g/mol. The average molecular weight is 1410 g/mol. The molecular formula is C62H83N11O11S8.